The quantitative estimate of drug-likeness (QED) is 0.255. The van der Waals surface area contributed by atoms with Crippen LogP contribution in [-0.2, 0) is 9.53 Å². The van der Waals surface area contributed by atoms with Gasteiger partial charge in [0.05, 0.1) is 7.11 Å². The van der Waals surface area contributed by atoms with Crippen LogP contribution < -0.4 is 9.46 Å². The van der Waals surface area contributed by atoms with Crippen LogP contribution in [0.2, 0.25) is 0 Å². The van der Waals surface area contributed by atoms with E-state index in [1.165, 1.54) is 12.1 Å². The Balaban J connectivity index is 2.68. The first-order valence-corrected chi connectivity index (χ1v) is 5.53. The molecule has 0 fully saturated rings. The van der Waals surface area contributed by atoms with Crippen LogP contribution in [0.3, 0.4) is 0 Å². The molecule has 2 rings (SSSR count). The molecule has 7 heteroatoms. The summed E-state index contributed by atoms with van der Waals surface area (Å²) in [5.74, 6) is -0.877. The van der Waals surface area contributed by atoms with E-state index < -0.39 is 5.97 Å². The van der Waals surface area contributed by atoms with Gasteiger partial charge in [-0.25, -0.2) is 4.79 Å². The molecule has 0 aliphatic carbocycles. The number of para-hydroxylation sites is 2. The summed E-state index contributed by atoms with van der Waals surface area (Å²) in [6.45, 7) is 0. The summed E-state index contributed by atoms with van der Waals surface area (Å²) in [6.07, 6.45) is 2.01. The van der Waals surface area contributed by atoms with Gasteiger partial charge in [0.2, 0.25) is 0 Å². The highest BCUT2D eigenvalue weighted by atomic mass is 16.5. The van der Waals surface area contributed by atoms with Gasteiger partial charge in [-0.1, -0.05) is 12.1 Å². The minimum absolute atomic E-state index is 0.124. The molecule has 0 spiro atoms. The van der Waals surface area contributed by atoms with Gasteiger partial charge in [-0.2, -0.15) is 14.7 Å². The lowest BCUT2D eigenvalue weighted by molar-refractivity contribution is -0.630. The number of ether oxygens (including phenoxy) is 1. The van der Waals surface area contributed by atoms with E-state index in [0.29, 0.717) is 9.46 Å². The van der Waals surface area contributed by atoms with Crippen molar-refractivity contribution in [1.82, 2.24) is 0 Å². The molecule has 0 bridgehead atoms. The minimum atomic E-state index is -0.877. The minimum Gasteiger partial charge on any atom is -0.618 e. The molecular weight excluding hydrogens is 262 g/mol. The number of benzene rings is 1. The Labute approximate surface area is 113 Å². The number of hydrogen-bond acceptors (Lipinski definition) is 5. The third kappa shape index (κ3) is 2.22. The van der Waals surface area contributed by atoms with Crippen molar-refractivity contribution < 1.29 is 19.0 Å². The number of rotatable bonds is 2. The molecule has 0 saturated carbocycles. The highest BCUT2D eigenvalue weighted by Gasteiger charge is 2.19. The Morgan fingerprint density at radius 2 is 2.00 bits per heavy atom. The van der Waals surface area contributed by atoms with Gasteiger partial charge in [0.15, 0.2) is 0 Å². The van der Waals surface area contributed by atoms with Crippen LogP contribution >= 0.6 is 0 Å². The monoisotopic (exact) mass is 271 g/mol. The lowest BCUT2D eigenvalue weighted by Gasteiger charge is -2.05. The molecule has 0 amide bonds. The number of carbonyl (C=O) groups is 1. The summed E-state index contributed by atoms with van der Waals surface area (Å²) in [4.78, 5) is 11.3. The van der Waals surface area contributed by atoms with Crippen molar-refractivity contribution in [3.8, 4) is 6.07 Å². The van der Waals surface area contributed by atoms with Gasteiger partial charge in [0, 0.05) is 18.2 Å². The average molecular weight is 271 g/mol. The third-order valence-electron chi connectivity index (χ3n) is 2.64. The average Bonchev–Trinajstić information content (AvgIpc) is 2.48. The predicted molar refractivity (Wildman–Crippen MR) is 67.5 cm³/mol. The lowest BCUT2D eigenvalue weighted by Crippen LogP contribution is -2.40. The molecule has 1 aromatic heterocycles. The Morgan fingerprint density at radius 3 is 2.60 bits per heavy atom. The van der Waals surface area contributed by atoms with E-state index in [9.17, 15) is 15.2 Å². The molecular formula is C13H9N3O4. The van der Waals surface area contributed by atoms with Crippen molar-refractivity contribution in [1.29, 1.82) is 5.26 Å². The number of aromatic nitrogens is 2. The first-order valence-electron chi connectivity index (χ1n) is 5.53. The van der Waals surface area contributed by atoms with Gasteiger partial charge in [-0.3, -0.25) is 0 Å². The van der Waals surface area contributed by atoms with E-state index in [-0.39, 0.29) is 22.3 Å². The summed E-state index contributed by atoms with van der Waals surface area (Å²) in [5, 5.41) is 32.7. The lowest BCUT2D eigenvalue weighted by atomic mass is 10.2. The molecule has 1 aromatic carbocycles. The van der Waals surface area contributed by atoms with Gasteiger partial charge < -0.3 is 15.2 Å². The number of nitrogens with zero attached hydrogens (tertiary/aromatic N) is 3. The zero-order chi connectivity index (χ0) is 14.7. The second-order valence-electron chi connectivity index (χ2n) is 3.82. The number of carbonyl (C=O) groups excluding carboxylic acids is 1. The van der Waals surface area contributed by atoms with Crippen molar-refractivity contribution in [2.45, 2.75) is 0 Å². The molecule has 100 valence electrons. The fourth-order valence-corrected chi connectivity index (χ4v) is 1.69. The number of esters is 1. The molecule has 0 aliphatic heterocycles. The summed E-state index contributed by atoms with van der Waals surface area (Å²) < 4.78 is 5.39. The van der Waals surface area contributed by atoms with Crippen molar-refractivity contribution in [3.63, 3.8) is 0 Å². The third-order valence-corrected chi connectivity index (χ3v) is 2.64. The standard InChI is InChI=1S/C13H9N3O4/c1-20-13(17)9(7-14)6-10-8-15(18)11-4-2-3-5-12(11)16(10)19/h2-6,8H,1H3. The predicted octanol–water partition coefficient (Wildman–Crippen LogP) is 0.187. The SMILES string of the molecule is COC(=O)C(C#N)=Cc1c[n+]([O-])c2ccccc2[n+]1[O-]. The van der Waals surface area contributed by atoms with E-state index in [1.807, 2.05) is 0 Å². The second kappa shape index (κ2) is 5.24. The van der Waals surface area contributed by atoms with Crippen LogP contribution in [-0.4, -0.2) is 13.1 Å². The molecule has 20 heavy (non-hydrogen) atoms. The van der Waals surface area contributed by atoms with E-state index in [2.05, 4.69) is 4.74 Å². The van der Waals surface area contributed by atoms with Crippen molar-refractivity contribution in [2.24, 2.45) is 0 Å². The van der Waals surface area contributed by atoms with Crippen molar-refractivity contribution in [3.05, 3.63) is 52.1 Å². The molecule has 0 N–H and O–H groups in total. The van der Waals surface area contributed by atoms with Gasteiger partial charge >= 0.3 is 5.97 Å². The Bertz CT molecular complexity index is 762. The summed E-state index contributed by atoms with van der Waals surface area (Å²) in [6, 6.07) is 7.82. The molecule has 0 radical (unpaired) electrons. The summed E-state index contributed by atoms with van der Waals surface area (Å²) in [5.41, 5.74) is -0.164. The van der Waals surface area contributed by atoms with Crippen LogP contribution in [0.15, 0.2) is 36.0 Å². The fraction of sp³-hybridized carbons (Fsp3) is 0.0769. The largest absolute Gasteiger partial charge is 0.618 e. The number of fused-ring (bicyclic) bond motifs is 1. The molecule has 1 heterocycles. The maximum Gasteiger partial charge on any atom is 0.348 e. The number of hydrogen-bond donors (Lipinski definition) is 0. The molecule has 0 unspecified atom stereocenters. The highest BCUT2D eigenvalue weighted by molar-refractivity contribution is 5.97. The maximum absolute atomic E-state index is 12.1. The summed E-state index contributed by atoms with van der Waals surface area (Å²) in [7, 11) is 1.12. The van der Waals surface area contributed by atoms with Gasteiger partial charge in [-0.15, -0.1) is 0 Å². The van der Waals surface area contributed by atoms with E-state index in [4.69, 9.17) is 5.26 Å². The zero-order valence-electron chi connectivity index (χ0n) is 10.4. The van der Waals surface area contributed by atoms with Gasteiger partial charge in [0.1, 0.15) is 11.6 Å². The number of methoxy groups -OCH3 is 1. The van der Waals surface area contributed by atoms with Crippen LogP contribution in [0.25, 0.3) is 17.1 Å². The molecule has 2 aromatic rings. The van der Waals surface area contributed by atoms with E-state index in [1.54, 1.807) is 18.2 Å². The molecule has 0 atom stereocenters. The Hall–Kier alpha value is -3.14. The van der Waals surface area contributed by atoms with Gasteiger partial charge in [0.25, 0.3) is 22.9 Å². The fourth-order valence-electron chi connectivity index (χ4n) is 1.69. The number of nitriles is 1. The highest BCUT2D eigenvalue weighted by Crippen LogP contribution is 2.08. The maximum atomic E-state index is 12.1. The molecule has 7 nitrogen and oxygen atoms in total. The summed E-state index contributed by atoms with van der Waals surface area (Å²) >= 11 is 0. The van der Waals surface area contributed by atoms with E-state index >= 15 is 0 Å². The topological polar surface area (TPSA) is 104 Å². The zero-order valence-corrected chi connectivity index (χ0v) is 10.4. The normalized spacial score (nSPS) is 11.1. The Kier molecular flexibility index (Phi) is 3.48. The van der Waals surface area contributed by atoms with Gasteiger partial charge in [-0.05, 0) is 0 Å². The van der Waals surface area contributed by atoms with Crippen LogP contribution in [0, 0.1) is 21.7 Å². The van der Waals surface area contributed by atoms with Crippen molar-refractivity contribution in [2.75, 3.05) is 7.11 Å². The Morgan fingerprint density at radius 1 is 1.35 bits per heavy atom. The van der Waals surface area contributed by atoms with Crippen LogP contribution in [0.5, 0.6) is 0 Å². The van der Waals surface area contributed by atoms with Crippen LogP contribution in [0.4, 0.5) is 0 Å². The first kappa shape index (κ1) is 13.3. The molecule has 0 saturated heterocycles. The molecule has 0 aliphatic rings. The van der Waals surface area contributed by atoms with E-state index in [0.717, 1.165) is 19.4 Å². The van der Waals surface area contributed by atoms with Crippen LogP contribution in [0.1, 0.15) is 5.69 Å². The van der Waals surface area contributed by atoms with Crippen molar-refractivity contribution >= 4 is 23.1 Å². The first-order chi connectivity index (χ1) is 9.58. The smallest absolute Gasteiger partial charge is 0.348 e. The second-order valence-corrected chi connectivity index (χ2v) is 3.82.